The first-order valence-corrected chi connectivity index (χ1v) is 4.66. The van der Waals surface area contributed by atoms with Gasteiger partial charge in [0.1, 0.15) is 0 Å². The molecule has 0 aromatic heterocycles. The van der Waals surface area contributed by atoms with Gasteiger partial charge in [0.2, 0.25) is 0 Å². The normalized spacial score (nSPS) is 12.1. The lowest BCUT2D eigenvalue weighted by Crippen LogP contribution is -1.81. The quantitative estimate of drug-likeness (QED) is 0.431. The smallest absolute Gasteiger partial charge is 0.00304 e. The van der Waals surface area contributed by atoms with Crippen LogP contribution in [-0.2, 0) is 0 Å². The topological polar surface area (TPSA) is 0 Å². The van der Waals surface area contributed by atoms with Crippen molar-refractivity contribution in [1.29, 1.82) is 0 Å². The Balaban J connectivity index is 3.07. The second-order valence-electron chi connectivity index (χ2n) is 2.08. The predicted molar refractivity (Wildman–Crippen MR) is 47.0 cm³/mol. The van der Waals surface area contributed by atoms with Crippen LogP contribution in [0.25, 0.3) is 0 Å². The average Bonchev–Trinajstić information content (AvgIpc) is 1.89. The predicted octanol–water partition coefficient (Wildman–Crippen LogP) is 3.10. The van der Waals surface area contributed by atoms with Crippen LogP contribution in [0, 0.1) is 0 Å². The summed E-state index contributed by atoms with van der Waals surface area (Å²) in [6.45, 7) is 6.50. The molecule has 0 N–H and O–H groups in total. The van der Waals surface area contributed by atoms with Gasteiger partial charge in [0.15, 0.2) is 0 Å². The summed E-state index contributed by atoms with van der Waals surface area (Å²) in [7, 11) is 0. The number of thioether (sulfide) groups is 1. The molecule has 0 heterocycles. The molecule has 0 aliphatic rings. The molecule has 54 valence electrons. The van der Waals surface area contributed by atoms with Crippen molar-refractivity contribution in [2.24, 2.45) is 0 Å². The van der Waals surface area contributed by atoms with Gasteiger partial charge >= 0.3 is 0 Å². The van der Waals surface area contributed by atoms with E-state index in [2.05, 4.69) is 26.8 Å². The molecule has 0 radical (unpaired) electrons. The highest BCUT2D eigenvalue weighted by Crippen LogP contribution is 2.06. The van der Waals surface area contributed by atoms with Gasteiger partial charge in [0.05, 0.1) is 0 Å². The Hall–Kier alpha value is 0.0900. The fourth-order valence-electron chi connectivity index (χ4n) is 0.522. The van der Waals surface area contributed by atoms with E-state index in [9.17, 15) is 0 Å². The zero-order chi connectivity index (χ0) is 7.11. The van der Waals surface area contributed by atoms with Gasteiger partial charge in [-0.3, -0.25) is 0 Å². The second-order valence-corrected chi connectivity index (χ2v) is 3.48. The number of hydrogen-bond donors (Lipinski definition) is 0. The van der Waals surface area contributed by atoms with Gasteiger partial charge < -0.3 is 0 Å². The standard InChI is InChI=1S/C8H16S/c1-4-8(3)6-7-9-5-2/h4H,5-7H2,1-3H3. The highest BCUT2D eigenvalue weighted by Gasteiger charge is 1.86. The summed E-state index contributed by atoms with van der Waals surface area (Å²) in [5.74, 6) is 2.53. The van der Waals surface area contributed by atoms with E-state index >= 15 is 0 Å². The Labute approximate surface area is 62.7 Å². The molecule has 0 rings (SSSR count). The molecular weight excluding hydrogens is 128 g/mol. The van der Waals surface area contributed by atoms with Crippen LogP contribution in [0.3, 0.4) is 0 Å². The summed E-state index contributed by atoms with van der Waals surface area (Å²) in [4.78, 5) is 0. The van der Waals surface area contributed by atoms with E-state index in [4.69, 9.17) is 0 Å². The molecule has 0 spiro atoms. The van der Waals surface area contributed by atoms with Crippen LogP contribution < -0.4 is 0 Å². The molecule has 0 aliphatic carbocycles. The first-order valence-electron chi connectivity index (χ1n) is 3.50. The maximum absolute atomic E-state index is 2.20. The van der Waals surface area contributed by atoms with Crippen molar-refractivity contribution in [1.82, 2.24) is 0 Å². The summed E-state index contributed by atoms with van der Waals surface area (Å²) in [5.41, 5.74) is 1.51. The van der Waals surface area contributed by atoms with Gasteiger partial charge in [0.25, 0.3) is 0 Å². The highest BCUT2D eigenvalue weighted by atomic mass is 32.2. The average molecular weight is 144 g/mol. The molecule has 0 amide bonds. The third kappa shape index (κ3) is 5.97. The minimum atomic E-state index is 1.25. The summed E-state index contributed by atoms with van der Waals surface area (Å²) in [5, 5.41) is 0. The van der Waals surface area contributed by atoms with Crippen LogP contribution in [0.4, 0.5) is 0 Å². The fraction of sp³-hybridized carbons (Fsp3) is 0.750. The molecule has 1 heteroatoms. The van der Waals surface area contributed by atoms with Crippen LogP contribution in [0.1, 0.15) is 27.2 Å². The van der Waals surface area contributed by atoms with Crippen molar-refractivity contribution in [2.75, 3.05) is 11.5 Å². The summed E-state index contributed by atoms with van der Waals surface area (Å²) in [6.07, 6.45) is 3.45. The second kappa shape index (κ2) is 6.21. The van der Waals surface area contributed by atoms with Crippen molar-refractivity contribution < 1.29 is 0 Å². The zero-order valence-corrected chi connectivity index (χ0v) is 7.42. The molecule has 0 bridgehead atoms. The van der Waals surface area contributed by atoms with Gasteiger partial charge in [-0.05, 0) is 31.8 Å². The van der Waals surface area contributed by atoms with Crippen molar-refractivity contribution >= 4 is 11.8 Å². The first-order chi connectivity index (χ1) is 4.31. The van der Waals surface area contributed by atoms with Crippen LogP contribution in [0.5, 0.6) is 0 Å². The fourth-order valence-corrected chi connectivity index (χ4v) is 1.28. The van der Waals surface area contributed by atoms with Crippen LogP contribution >= 0.6 is 11.8 Å². The summed E-state index contributed by atoms with van der Waals surface area (Å²) in [6, 6.07) is 0. The molecule has 0 atom stereocenters. The Morgan fingerprint density at radius 1 is 1.56 bits per heavy atom. The van der Waals surface area contributed by atoms with Crippen molar-refractivity contribution in [3.05, 3.63) is 11.6 Å². The van der Waals surface area contributed by atoms with Crippen molar-refractivity contribution in [3.63, 3.8) is 0 Å². The summed E-state index contributed by atoms with van der Waals surface area (Å²) >= 11 is 2.01. The van der Waals surface area contributed by atoms with Gasteiger partial charge in [-0.1, -0.05) is 18.6 Å². The Kier molecular flexibility index (Phi) is 6.28. The molecule has 0 aromatic rings. The zero-order valence-electron chi connectivity index (χ0n) is 6.61. The minimum absolute atomic E-state index is 1.25. The first kappa shape index (κ1) is 9.09. The van der Waals surface area contributed by atoms with Crippen LogP contribution in [-0.4, -0.2) is 11.5 Å². The van der Waals surface area contributed by atoms with Crippen molar-refractivity contribution in [2.45, 2.75) is 27.2 Å². The monoisotopic (exact) mass is 144 g/mol. The Bertz CT molecular complexity index is 84.6. The van der Waals surface area contributed by atoms with Gasteiger partial charge in [-0.2, -0.15) is 11.8 Å². The molecule has 0 nitrogen and oxygen atoms in total. The van der Waals surface area contributed by atoms with E-state index in [0.29, 0.717) is 0 Å². The third-order valence-electron chi connectivity index (χ3n) is 1.34. The minimum Gasteiger partial charge on any atom is -0.162 e. The lowest BCUT2D eigenvalue weighted by molar-refractivity contribution is 1.11. The lowest BCUT2D eigenvalue weighted by Gasteiger charge is -1.97. The number of rotatable bonds is 4. The Morgan fingerprint density at radius 2 is 2.22 bits per heavy atom. The van der Waals surface area contributed by atoms with E-state index in [1.54, 1.807) is 0 Å². The number of hydrogen-bond acceptors (Lipinski definition) is 1. The van der Waals surface area contributed by atoms with E-state index in [-0.39, 0.29) is 0 Å². The maximum Gasteiger partial charge on any atom is -0.00304 e. The Morgan fingerprint density at radius 3 is 2.67 bits per heavy atom. The molecule has 9 heavy (non-hydrogen) atoms. The van der Waals surface area contributed by atoms with Gasteiger partial charge in [-0.15, -0.1) is 0 Å². The molecule has 0 aromatic carbocycles. The van der Waals surface area contributed by atoms with E-state index in [1.165, 1.54) is 23.5 Å². The highest BCUT2D eigenvalue weighted by molar-refractivity contribution is 7.99. The molecular formula is C8H16S. The molecule has 0 saturated heterocycles. The lowest BCUT2D eigenvalue weighted by atomic mass is 10.2. The van der Waals surface area contributed by atoms with E-state index in [1.807, 2.05) is 11.8 Å². The molecule has 0 fully saturated rings. The van der Waals surface area contributed by atoms with E-state index < -0.39 is 0 Å². The third-order valence-corrected chi connectivity index (χ3v) is 2.24. The SMILES string of the molecule is CC=C(C)CCSCC. The summed E-state index contributed by atoms with van der Waals surface area (Å²) < 4.78 is 0. The van der Waals surface area contributed by atoms with Crippen LogP contribution in [0.15, 0.2) is 11.6 Å². The van der Waals surface area contributed by atoms with Gasteiger partial charge in [-0.25, -0.2) is 0 Å². The molecule has 0 saturated carbocycles. The molecule has 0 aliphatic heterocycles. The van der Waals surface area contributed by atoms with Crippen molar-refractivity contribution in [3.8, 4) is 0 Å². The molecule has 0 unspecified atom stereocenters. The van der Waals surface area contributed by atoms with Crippen LogP contribution in [0.2, 0.25) is 0 Å². The maximum atomic E-state index is 2.20. The van der Waals surface area contributed by atoms with E-state index in [0.717, 1.165) is 0 Å². The number of allylic oxidation sites excluding steroid dienone is 2. The largest absolute Gasteiger partial charge is 0.162 e. The van der Waals surface area contributed by atoms with Gasteiger partial charge in [0, 0.05) is 0 Å².